The van der Waals surface area contributed by atoms with E-state index in [2.05, 4.69) is 21.2 Å². The molecule has 2 N–H and O–H groups in total. The Kier molecular flexibility index (Phi) is 5.01. The van der Waals surface area contributed by atoms with Gasteiger partial charge in [-0.05, 0) is 24.6 Å². The Morgan fingerprint density at radius 3 is 2.61 bits per heavy atom. The SMILES string of the molecule is Cc1ccc(NCC(=O)NCC(F)(F)F)cc1Br. The lowest BCUT2D eigenvalue weighted by Crippen LogP contribution is -2.37. The second kappa shape index (κ2) is 6.08. The number of hydrogen-bond donors (Lipinski definition) is 2. The van der Waals surface area contributed by atoms with Crippen LogP contribution in [0.25, 0.3) is 0 Å². The molecule has 0 heterocycles. The van der Waals surface area contributed by atoms with E-state index >= 15 is 0 Å². The first-order chi connectivity index (χ1) is 8.28. The molecule has 1 aromatic carbocycles. The maximum atomic E-state index is 11.8. The van der Waals surface area contributed by atoms with E-state index in [1.54, 1.807) is 17.4 Å². The number of hydrogen-bond acceptors (Lipinski definition) is 2. The number of rotatable bonds is 4. The second-order valence-corrected chi connectivity index (χ2v) is 4.56. The second-order valence-electron chi connectivity index (χ2n) is 3.71. The van der Waals surface area contributed by atoms with Crippen LogP contribution in [0.2, 0.25) is 0 Å². The van der Waals surface area contributed by atoms with Crippen molar-refractivity contribution in [2.75, 3.05) is 18.4 Å². The van der Waals surface area contributed by atoms with Gasteiger partial charge < -0.3 is 10.6 Å². The van der Waals surface area contributed by atoms with Crippen molar-refractivity contribution in [3.63, 3.8) is 0 Å². The van der Waals surface area contributed by atoms with Gasteiger partial charge in [0.15, 0.2) is 0 Å². The summed E-state index contributed by atoms with van der Waals surface area (Å²) in [5, 5.41) is 4.52. The summed E-state index contributed by atoms with van der Waals surface area (Å²) in [5.74, 6) is -0.705. The smallest absolute Gasteiger partial charge is 0.376 e. The zero-order chi connectivity index (χ0) is 13.8. The van der Waals surface area contributed by atoms with E-state index in [0.29, 0.717) is 5.69 Å². The normalized spacial score (nSPS) is 11.2. The number of amides is 1. The van der Waals surface area contributed by atoms with Crippen LogP contribution in [0.1, 0.15) is 5.56 Å². The number of alkyl halides is 3. The molecule has 0 unspecified atom stereocenters. The first-order valence-corrected chi connectivity index (χ1v) is 5.91. The summed E-state index contributed by atoms with van der Waals surface area (Å²) in [4.78, 5) is 11.1. The van der Waals surface area contributed by atoms with E-state index in [1.165, 1.54) is 0 Å². The molecule has 0 radical (unpaired) electrons. The topological polar surface area (TPSA) is 41.1 Å². The third-order valence-corrected chi connectivity index (χ3v) is 2.97. The van der Waals surface area contributed by atoms with Crippen LogP contribution in [-0.2, 0) is 4.79 Å². The fourth-order valence-electron chi connectivity index (χ4n) is 1.15. The molecule has 7 heteroatoms. The maximum Gasteiger partial charge on any atom is 0.405 e. The molecule has 0 saturated heterocycles. The number of carbonyl (C=O) groups excluding carboxylic acids is 1. The summed E-state index contributed by atoms with van der Waals surface area (Å²) in [6.07, 6.45) is -4.39. The molecule has 100 valence electrons. The van der Waals surface area contributed by atoms with Gasteiger partial charge in [0, 0.05) is 10.2 Å². The largest absolute Gasteiger partial charge is 0.405 e. The molecular formula is C11H12BrF3N2O. The molecule has 0 fully saturated rings. The number of aryl methyl sites for hydroxylation is 1. The van der Waals surface area contributed by atoms with Gasteiger partial charge in [0.2, 0.25) is 5.91 Å². The number of carbonyl (C=O) groups is 1. The summed E-state index contributed by atoms with van der Waals surface area (Å²) in [5.41, 5.74) is 1.69. The maximum absolute atomic E-state index is 11.8. The van der Waals surface area contributed by atoms with Crippen molar-refractivity contribution >= 4 is 27.5 Å². The predicted molar refractivity (Wildman–Crippen MR) is 66.4 cm³/mol. The average molecular weight is 325 g/mol. The molecule has 3 nitrogen and oxygen atoms in total. The molecule has 1 amide bonds. The van der Waals surface area contributed by atoms with Gasteiger partial charge in [-0.2, -0.15) is 13.2 Å². The Labute approximate surface area is 111 Å². The number of nitrogens with one attached hydrogen (secondary N) is 2. The molecule has 0 aliphatic heterocycles. The van der Waals surface area contributed by atoms with Crippen LogP contribution in [0.3, 0.4) is 0 Å². The van der Waals surface area contributed by atoms with Crippen LogP contribution in [0.15, 0.2) is 22.7 Å². The molecule has 0 atom stereocenters. The highest BCUT2D eigenvalue weighted by Crippen LogP contribution is 2.20. The Bertz CT molecular complexity index is 435. The minimum atomic E-state index is -4.39. The minimum absolute atomic E-state index is 0.203. The molecule has 0 bridgehead atoms. The lowest BCUT2D eigenvalue weighted by molar-refractivity contribution is -0.137. The highest BCUT2D eigenvalue weighted by molar-refractivity contribution is 9.10. The van der Waals surface area contributed by atoms with Crippen LogP contribution in [0.5, 0.6) is 0 Å². The Hall–Kier alpha value is -1.24. The summed E-state index contributed by atoms with van der Waals surface area (Å²) in [7, 11) is 0. The summed E-state index contributed by atoms with van der Waals surface area (Å²) in [6, 6.07) is 5.34. The van der Waals surface area contributed by atoms with E-state index in [0.717, 1.165) is 10.0 Å². The molecule has 0 spiro atoms. The van der Waals surface area contributed by atoms with Crippen LogP contribution >= 0.6 is 15.9 Å². The van der Waals surface area contributed by atoms with Crippen molar-refractivity contribution in [1.29, 1.82) is 0 Å². The molecule has 0 aliphatic carbocycles. The van der Waals surface area contributed by atoms with Gasteiger partial charge in [-0.1, -0.05) is 22.0 Å². The average Bonchev–Trinajstić information content (AvgIpc) is 2.27. The van der Waals surface area contributed by atoms with Crippen molar-refractivity contribution in [3.8, 4) is 0 Å². The fourth-order valence-corrected chi connectivity index (χ4v) is 1.53. The predicted octanol–water partition coefficient (Wildman–Crippen LogP) is 2.85. The highest BCUT2D eigenvalue weighted by atomic mass is 79.9. The monoisotopic (exact) mass is 324 g/mol. The van der Waals surface area contributed by atoms with Gasteiger partial charge in [0.1, 0.15) is 6.54 Å². The third kappa shape index (κ3) is 5.39. The van der Waals surface area contributed by atoms with E-state index in [9.17, 15) is 18.0 Å². The van der Waals surface area contributed by atoms with Crippen molar-refractivity contribution in [1.82, 2.24) is 5.32 Å². The first kappa shape index (κ1) is 14.8. The lowest BCUT2D eigenvalue weighted by Gasteiger charge is -2.10. The summed E-state index contributed by atoms with van der Waals surface area (Å²) in [6.45, 7) is 0.389. The van der Waals surface area contributed by atoms with Crippen molar-refractivity contribution in [3.05, 3.63) is 28.2 Å². The minimum Gasteiger partial charge on any atom is -0.376 e. The number of halogens is 4. The third-order valence-electron chi connectivity index (χ3n) is 2.11. The van der Waals surface area contributed by atoms with Gasteiger partial charge in [0.25, 0.3) is 0 Å². The van der Waals surface area contributed by atoms with Gasteiger partial charge >= 0.3 is 6.18 Å². The van der Waals surface area contributed by atoms with Gasteiger partial charge in [-0.25, -0.2) is 0 Å². The standard InChI is InChI=1S/C11H12BrF3N2O/c1-7-2-3-8(4-9(7)12)16-5-10(18)17-6-11(13,14)15/h2-4,16H,5-6H2,1H3,(H,17,18). The zero-order valence-corrected chi connectivity index (χ0v) is 11.2. The van der Waals surface area contributed by atoms with E-state index < -0.39 is 18.6 Å². The van der Waals surface area contributed by atoms with Crippen molar-refractivity contribution in [2.24, 2.45) is 0 Å². The van der Waals surface area contributed by atoms with Gasteiger partial charge in [-0.15, -0.1) is 0 Å². The highest BCUT2D eigenvalue weighted by Gasteiger charge is 2.27. The van der Waals surface area contributed by atoms with E-state index in [-0.39, 0.29) is 6.54 Å². The quantitative estimate of drug-likeness (QED) is 0.894. The molecule has 1 aromatic rings. The summed E-state index contributed by atoms with van der Waals surface area (Å²) >= 11 is 3.32. The zero-order valence-electron chi connectivity index (χ0n) is 9.57. The molecule has 0 saturated carbocycles. The van der Waals surface area contributed by atoms with Crippen LogP contribution in [0.4, 0.5) is 18.9 Å². The van der Waals surface area contributed by atoms with Gasteiger partial charge in [-0.3, -0.25) is 4.79 Å². The van der Waals surface area contributed by atoms with E-state index in [1.807, 2.05) is 13.0 Å². The molecule has 1 rings (SSSR count). The first-order valence-electron chi connectivity index (χ1n) is 5.11. The van der Waals surface area contributed by atoms with Crippen molar-refractivity contribution < 1.29 is 18.0 Å². The van der Waals surface area contributed by atoms with Crippen molar-refractivity contribution in [2.45, 2.75) is 13.1 Å². The number of anilines is 1. The van der Waals surface area contributed by atoms with Crippen LogP contribution < -0.4 is 10.6 Å². The Balaban J connectivity index is 2.40. The fraction of sp³-hybridized carbons (Fsp3) is 0.364. The molecule has 18 heavy (non-hydrogen) atoms. The molecule has 0 aliphatic rings. The van der Waals surface area contributed by atoms with E-state index in [4.69, 9.17) is 0 Å². The lowest BCUT2D eigenvalue weighted by atomic mass is 10.2. The Morgan fingerprint density at radius 2 is 2.06 bits per heavy atom. The molecular weight excluding hydrogens is 313 g/mol. The molecule has 0 aromatic heterocycles. The van der Waals surface area contributed by atoms with Gasteiger partial charge in [0.05, 0.1) is 6.54 Å². The Morgan fingerprint density at radius 1 is 1.39 bits per heavy atom. The van der Waals surface area contributed by atoms with Crippen LogP contribution in [-0.4, -0.2) is 25.2 Å². The van der Waals surface area contributed by atoms with Crippen LogP contribution in [0, 0.1) is 6.92 Å². The summed E-state index contributed by atoms with van der Waals surface area (Å²) < 4.78 is 36.4. The number of benzene rings is 1.